The fourth-order valence-electron chi connectivity index (χ4n) is 3.19. The Kier molecular flexibility index (Phi) is 5.12. The Bertz CT molecular complexity index is 569. The normalized spacial score (nSPS) is 20.5. The second-order valence-corrected chi connectivity index (χ2v) is 6.21. The number of nitrogens with one attached hydrogen (secondary N) is 3. The predicted octanol–water partition coefficient (Wildman–Crippen LogP) is 0.623. The first-order chi connectivity index (χ1) is 11.2. The summed E-state index contributed by atoms with van der Waals surface area (Å²) in [7, 11) is 0. The lowest BCUT2D eigenvalue weighted by Crippen LogP contribution is -2.50. The van der Waals surface area contributed by atoms with Crippen molar-refractivity contribution in [3.8, 4) is 0 Å². The van der Waals surface area contributed by atoms with Crippen LogP contribution in [0.4, 0.5) is 4.79 Å². The van der Waals surface area contributed by atoms with Gasteiger partial charge in [0.1, 0.15) is 0 Å². The van der Waals surface area contributed by atoms with Crippen molar-refractivity contribution in [3.05, 3.63) is 35.4 Å². The monoisotopic (exact) mass is 316 g/mol. The van der Waals surface area contributed by atoms with Crippen molar-refractivity contribution >= 4 is 11.9 Å². The standard InChI is InChI=1S/C17H24N4O2/c22-16(20-15-6-3-8-18-10-15)11-19-17(23)21-9-7-13-4-1-2-5-14(13)12-21/h1-2,4-5,15,18H,3,6-12H2,(H,19,23)(H,20,22)/t15-/m0/s1. The van der Waals surface area contributed by atoms with Crippen molar-refractivity contribution in [2.75, 3.05) is 26.2 Å². The van der Waals surface area contributed by atoms with Crippen LogP contribution in [-0.4, -0.2) is 49.1 Å². The van der Waals surface area contributed by atoms with Gasteiger partial charge in [0.05, 0.1) is 6.54 Å². The average molecular weight is 316 g/mol. The molecule has 3 amide bonds. The predicted molar refractivity (Wildman–Crippen MR) is 88.0 cm³/mol. The second kappa shape index (κ2) is 7.46. The molecule has 2 aliphatic rings. The minimum atomic E-state index is -0.170. The number of hydrogen-bond donors (Lipinski definition) is 3. The number of fused-ring (bicyclic) bond motifs is 1. The van der Waals surface area contributed by atoms with E-state index in [4.69, 9.17) is 0 Å². The van der Waals surface area contributed by atoms with E-state index in [2.05, 4.69) is 28.1 Å². The maximum atomic E-state index is 12.2. The van der Waals surface area contributed by atoms with Crippen LogP contribution in [0.25, 0.3) is 0 Å². The van der Waals surface area contributed by atoms with Gasteiger partial charge in [-0.25, -0.2) is 4.79 Å². The van der Waals surface area contributed by atoms with E-state index >= 15 is 0 Å². The quantitative estimate of drug-likeness (QED) is 0.765. The highest BCUT2D eigenvalue weighted by molar-refractivity contribution is 5.84. The molecule has 1 saturated heterocycles. The molecule has 6 nitrogen and oxygen atoms in total. The molecule has 0 radical (unpaired) electrons. The molecule has 2 heterocycles. The topological polar surface area (TPSA) is 73.5 Å². The minimum Gasteiger partial charge on any atom is -0.351 e. The van der Waals surface area contributed by atoms with Crippen LogP contribution < -0.4 is 16.0 Å². The number of hydrogen-bond acceptors (Lipinski definition) is 3. The van der Waals surface area contributed by atoms with Gasteiger partial charge in [-0.15, -0.1) is 0 Å². The number of rotatable bonds is 3. The summed E-state index contributed by atoms with van der Waals surface area (Å²) in [5, 5.41) is 8.94. The third-order valence-electron chi connectivity index (χ3n) is 4.48. The Balaban J connectivity index is 1.43. The number of piperidine rings is 1. The summed E-state index contributed by atoms with van der Waals surface area (Å²) in [5.74, 6) is -0.121. The van der Waals surface area contributed by atoms with Crippen molar-refractivity contribution in [2.24, 2.45) is 0 Å². The van der Waals surface area contributed by atoms with Gasteiger partial charge in [-0.3, -0.25) is 4.79 Å². The highest BCUT2D eigenvalue weighted by Gasteiger charge is 2.21. The van der Waals surface area contributed by atoms with Crippen LogP contribution in [0.3, 0.4) is 0 Å². The van der Waals surface area contributed by atoms with Crippen molar-refractivity contribution in [1.29, 1.82) is 0 Å². The summed E-state index contributed by atoms with van der Waals surface area (Å²) in [6.45, 7) is 3.16. The van der Waals surface area contributed by atoms with Gasteiger partial charge in [0.25, 0.3) is 0 Å². The zero-order valence-corrected chi connectivity index (χ0v) is 13.3. The minimum absolute atomic E-state index is 0.0352. The van der Waals surface area contributed by atoms with E-state index < -0.39 is 0 Å². The first-order valence-corrected chi connectivity index (χ1v) is 8.32. The number of carbonyl (C=O) groups excluding carboxylic acids is 2. The van der Waals surface area contributed by atoms with Crippen LogP contribution in [-0.2, 0) is 17.8 Å². The smallest absolute Gasteiger partial charge is 0.318 e. The van der Waals surface area contributed by atoms with Gasteiger partial charge in [0.2, 0.25) is 5.91 Å². The molecule has 6 heteroatoms. The molecule has 1 aromatic carbocycles. The molecule has 0 saturated carbocycles. The summed E-state index contributed by atoms with van der Waals surface area (Å²) in [4.78, 5) is 25.9. The van der Waals surface area contributed by atoms with E-state index in [1.807, 2.05) is 12.1 Å². The molecule has 0 bridgehead atoms. The Labute approximate surface area is 136 Å². The first-order valence-electron chi connectivity index (χ1n) is 8.32. The molecule has 1 atom stereocenters. The van der Waals surface area contributed by atoms with Crippen LogP contribution in [0.5, 0.6) is 0 Å². The maximum Gasteiger partial charge on any atom is 0.318 e. The molecule has 2 aliphatic heterocycles. The number of benzene rings is 1. The van der Waals surface area contributed by atoms with E-state index in [9.17, 15) is 9.59 Å². The average Bonchev–Trinajstić information content (AvgIpc) is 2.60. The summed E-state index contributed by atoms with van der Waals surface area (Å²) >= 11 is 0. The van der Waals surface area contributed by atoms with Crippen LogP contribution in [0.1, 0.15) is 24.0 Å². The fraction of sp³-hybridized carbons (Fsp3) is 0.529. The van der Waals surface area contributed by atoms with Gasteiger partial charge in [-0.2, -0.15) is 0 Å². The van der Waals surface area contributed by atoms with Crippen LogP contribution >= 0.6 is 0 Å². The van der Waals surface area contributed by atoms with Gasteiger partial charge < -0.3 is 20.9 Å². The Morgan fingerprint density at radius 3 is 2.87 bits per heavy atom. The summed E-state index contributed by atoms with van der Waals surface area (Å²) in [6, 6.07) is 8.19. The van der Waals surface area contributed by atoms with Crippen LogP contribution in [0.2, 0.25) is 0 Å². The van der Waals surface area contributed by atoms with Gasteiger partial charge in [0, 0.05) is 25.7 Å². The van der Waals surface area contributed by atoms with Gasteiger partial charge in [-0.1, -0.05) is 24.3 Å². The SMILES string of the molecule is O=C(CNC(=O)N1CCc2ccccc2C1)N[C@H]1CCCNC1. The lowest BCUT2D eigenvalue weighted by molar-refractivity contribution is -0.120. The fourth-order valence-corrected chi connectivity index (χ4v) is 3.19. The van der Waals surface area contributed by atoms with E-state index in [0.717, 1.165) is 32.4 Å². The second-order valence-electron chi connectivity index (χ2n) is 6.21. The van der Waals surface area contributed by atoms with E-state index in [0.29, 0.717) is 13.1 Å². The molecule has 1 aromatic rings. The third-order valence-corrected chi connectivity index (χ3v) is 4.48. The molecule has 0 aliphatic carbocycles. The summed E-state index contributed by atoms with van der Waals surface area (Å²) < 4.78 is 0. The number of urea groups is 1. The van der Waals surface area contributed by atoms with E-state index in [1.54, 1.807) is 4.90 Å². The Morgan fingerprint density at radius 1 is 1.26 bits per heavy atom. The molecule has 3 rings (SSSR count). The highest BCUT2D eigenvalue weighted by Crippen LogP contribution is 2.18. The largest absolute Gasteiger partial charge is 0.351 e. The van der Waals surface area contributed by atoms with E-state index in [1.165, 1.54) is 11.1 Å². The van der Waals surface area contributed by atoms with Gasteiger partial charge in [-0.05, 0) is 36.9 Å². The third kappa shape index (κ3) is 4.22. The molecule has 23 heavy (non-hydrogen) atoms. The maximum absolute atomic E-state index is 12.2. The molecule has 0 unspecified atom stereocenters. The van der Waals surface area contributed by atoms with Crippen molar-refractivity contribution in [3.63, 3.8) is 0 Å². The van der Waals surface area contributed by atoms with Crippen molar-refractivity contribution in [2.45, 2.75) is 31.8 Å². The molecule has 124 valence electrons. The molecular formula is C17H24N4O2. The lowest BCUT2D eigenvalue weighted by Gasteiger charge is -2.29. The first kappa shape index (κ1) is 15.8. The highest BCUT2D eigenvalue weighted by atomic mass is 16.2. The lowest BCUT2D eigenvalue weighted by atomic mass is 10.0. The summed E-state index contributed by atoms with van der Waals surface area (Å²) in [6.07, 6.45) is 2.93. The van der Waals surface area contributed by atoms with Crippen molar-refractivity contribution in [1.82, 2.24) is 20.9 Å². The van der Waals surface area contributed by atoms with Crippen molar-refractivity contribution < 1.29 is 9.59 Å². The molecule has 3 N–H and O–H groups in total. The zero-order chi connectivity index (χ0) is 16.1. The van der Waals surface area contributed by atoms with Crippen LogP contribution in [0, 0.1) is 0 Å². The molecule has 0 aromatic heterocycles. The molecule has 0 spiro atoms. The van der Waals surface area contributed by atoms with Crippen LogP contribution in [0.15, 0.2) is 24.3 Å². The van der Waals surface area contributed by atoms with Gasteiger partial charge in [0.15, 0.2) is 0 Å². The van der Waals surface area contributed by atoms with Gasteiger partial charge >= 0.3 is 6.03 Å². The Hall–Kier alpha value is -2.08. The van der Waals surface area contributed by atoms with E-state index in [-0.39, 0.29) is 24.5 Å². The number of nitrogens with zero attached hydrogens (tertiary/aromatic N) is 1. The molecule has 1 fully saturated rings. The number of amides is 3. The number of carbonyl (C=O) groups is 2. The summed E-state index contributed by atoms with van der Waals surface area (Å²) in [5.41, 5.74) is 2.49. The molecular weight excluding hydrogens is 292 g/mol. The Morgan fingerprint density at radius 2 is 2.09 bits per heavy atom. The zero-order valence-electron chi connectivity index (χ0n) is 13.3.